The van der Waals surface area contributed by atoms with Gasteiger partial charge in [0.2, 0.25) is 0 Å². The Balaban J connectivity index is 2.42. The number of aromatic nitrogens is 1. The quantitative estimate of drug-likeness (QED) is 0.777. The van der Waals surface area contributed by atoms with Gasteiger partial charge in [-0.2, -0.15) is 0 Å². The molecule has 0 aliphatic heterocycles. The summed E-state index contributed by atoms with van der Waals surface area (Å²) < 4.78 is 2.43. The Kier molecular flexibility index (Phi) is 3.94. The number of hydrogen-bond donors (Lipinski definition) is 0. The highest BCUT2D eigenvalue weighted by molar-refractivity contribution is 5.98. The van der Waals surface area contributed by atoms with Gasteiger partial charge in [0.15, 0.2) is 5.78 Å². The predicted molar refractivity (Wildman–Crippen MR) is 75.2 cm³/mol. The molecule has 1 aliphatic carbocycles. The Hall–Kier alpha value is -1.05. The molecule has 1 unspecified atom stereocenters. The van der Waals surface area contributed by atoms with Crippen molar-refractivity contribution >= 4 is 5.78 Å². The monoisotopic (exact) mass is 247 g/mol. The Morgan fingerprint density at radius 1 is 1.28 bits per heavy atom. The SMILES string of the molecule is CCC(CC)C(C)n1c(C)cc2c1CCCC2=O. The zero-order chi connectivity index (χ0) is 13.3. The van der Waals surface area contributed by atoms with Crippen LogP contribution in [0.1, 0.15) is 74.2 Å². The summed E-state index contributed by atoms with van der Waals surface area (Å²) >= 11 is 0. The fourth-order valence-electron chi connectivity index (χ4n) is 3.50. The van der Waals surface area contributed by atoms with E-state index < -0.39 is 0 Å². The number of Topliss-reactive ketones (excluding diaryl/α,β-unsaturated/α-hetero) is 1. The maximum absolute atomic E-state index is 12.0. The van der Waals surface area contributed by atoms with E-state index in [1.54, 1.807) is 0 Å². The van der Waals surface area contributed by atoms with E-state index in [0.717, 1.165) is 24.8 Å². The molecule has 1 heterocycles. The Labute approximate surface area is 110 Å². The van der Waals surface area contributed by atoms with Gasteiger partial charge >= 0.3 is 0 Å². The molecule has 0 bridgehead atoms. The van der Waals surface area contributed by atoms with Crippen LogP contribution in [-0.2, 0) is 6.42 Å². The van der Waals surface area contributed by atoms with Crippen molar-refractivity contribution in [3.05, 3.63) is 23.0 Å². The lowest BCUT2D eigenvalue weighted by molar-refractivity contribution is 0.0971. The summed E-state index contributed by atoms with van der Waals surface area (Å²) in [6, 6.07) is 2.62. The number of hydrogen-bond acceptors (Lipinski definition) is 1. The molecule has 0 spiro atoms. The molecule has 1 aliphatic rings. The molecule has 1 aromatic heterocycles. The first-order chi connectivity index (χ1) is 8.60. The average molecular weight is 247 g/mol. The maximum Gasteiger partial charge on any atom is 0.164 e. The first kappa shape index (κ1) is 13.4. The number of carbonyl (C=O) groups excluding carboxylic acids is 1. The number of carbonyl (C=O) groups is 1. The molecule has 0 fully saturated rings. The Morgan fingerprint density at radius 3 is 2.56 bits per heavy atom. The second kappa shape index (κ2) is 5.29. The van der Waals surface area contributed by atoms with Gasteiger partial charge in [0.05, 0.1) is 0 Å². The van der Waals surface area contributed by atoms with Crippen LogP contribution >= 0.6 is 0 Å². The van der Waals surface area contributed by atoms with Crippen molar-refractivity contribution in [1.82, 2.24) is 4.57 Å². The molecule has 2 rings (SSSR count). The molecule has 1 aromatic rings. The molecule has 0 amide bonds. The molecule has 1 atom stereocenters. The molecule has 2 heteroatoms. The van der Waals surface area contributed by atoms with Crippen LogP contribution < -0.4 is 0 Å². The zero-order valence-corrected chi connectivity index (χ0v) is 12.1. The normalized spacial score (nSPS) is 17.1. The number of aryl methyl sites for hydroxylation is 1. The van der Waals surface area contributed by atoms with Crippen LogP contribution in [-0.4, -0.2) is 10.4 Å². The molecule has 0 N–H and O–H groups in total. The summed E-state index contributed by atoms with van der Waals surface area (Å²) in [4.78, 5) is 12.0. The molecule has 0 aromatic carbocycles. The van der Waals surface area contributed by atoms with Gasteiger partial charge in [0.25, 0.3) is 0 Å². The summed E-state index contributed by atoms with van der Waals surface area (Å²) in [7, 11) is 0. The summed E-state index contributed by atoms with van der Waals surface area (Å²) in [5.41, 5.74) is 3.55. The lowest BCUT2D eigenvalue weighted by Gasteiger charge is -2.28. The van der Waals surface area contributed by atoms with E-state index >= 15 is 0 Å². The van der Waals surface area contributed by atoms with Crippen LogP contribution in [0.15, 0.2) is 6.07 Å². The molecular weight excluding hydrogens is 222 g/mol. The summed E-state index contributed by atoms with van der Waals surface area (Å²) in [5, 5.41) is 0. The van der Waals surface area contributed by atoms with Gasteiger partial charge < -0.3 is 4.57 Å². The van der Waals surface area contributed by atoms with Crippen LogP contribution in [0, 0.1) is 12.8 Å². The minimum atomic E-state index is 0.342. The first-order valence-corrected chi connectivity index (χ1v) is 7.34. The Bertz CT molecular complexity index is 440. The van der Waals surface area contributed by atoms with E-state index in [-0.39, 0.29) is 0 Å². The zero-order valence-electron chi connectivity index (χ0n) is 12.1. The predicted octanol–water partition coefficient (Wildman–Crippen LogP) is 4.31. The van der Waals surface area contributed by atoms with Crippen molar-refractivity contribution in [2.45, 2.75) is 65.8 Å². The number of rotatable bonds is 4. The van der Waals surface area contributed by atoms with E-state index in [9.17, 15) is 4.79 Å². The number of fused-ring (bicyclic) bond motifs is 1. The number of nitrogens with zero attached hydrogens (tertiary/aromatic N) is 1. The third kappa shape index (κ3) is 2.13. The van der Waals surface area contributed by atoms with Gasteiger partial charge in [0.1, 0.15) is 0 Å². The van der Waals surface area contributed by atoms with Gasteiger partial charge in [-0.05, 0) is 38.7 Å². The van der Waals surface area contributed by atoms with Crippen LogP contribution in [0.25, 0.3) is 0 Å². The first-order valence-electron chi connectivity index (χ1n) is 7.34. The van der Waals surface area contributed by atoms with Crippen LogP contribution in [0.3, 0.4) is 0 Å². The van der Waals surface area contributed by atoms with Gasteiger partial charge in [0, 0.05) is 29.4 Å². The molecule has 100 valence electrons. The summed E-state index contributed by atoms with van der Waals surface area (Å²) in [6.07, 6.45) is 5.23. The van der Waals surface area contributed by atoms with E-state index in [4.69, 9.17) is 0 Å². The highest BCUT2D eigenvalue weighted by Crippen LogP contribution is 2.32. The third-order valence-electron chi connectivity index (χ3n) is 4.59. The Morgan fingerprint density at radius 2 is 1.94 bits per heavy atom. The highest BCUT2D eigenvalue weighted by atomic mass is 16.1. The standard InChI is InChI=1S/C16H25NO/c1-5-13(6-2)12(4)17-11(3)10-14-15(17)8-7-9-16(14)18/h10,12-13H,5-9H2,1-4H3. The van der Waals surface area contributed by atoms with Crippen molar-refractivity contribution in [3.63, 3.8) is 0 Å². The van der Waals surface area contributed by atoms with E-state index in [1.165, 1.54) is 24.2 Å². The largest absolute Gasteiger partial charge is 0.345 e. The van der Waals surface area contributed by atoms with Gasteiger partial charge in [-0.25, -0.2) is 0 Å². The van der Waals surface area contributed by atoms with E-state index in [1.807, 2.05) is 0 Å². The van der Waals surface area contributed by atoms with Gasteiger partial charge in [-0.15, -0.1) is 0 Å². The third-order valence-corrected chi connectivity index (χ3v) is 4.59. The molecule has 2 nitrogen and oxygen atoms in total. The summed E-state index contributed by atoms with van der Waals surface area (Å²) in [6.45, 7) is 8.98. The van der Waals surface area contributed by atoms with Crippen molar-refractivity contribution < 1.29 is 4.79 Å². The van der Waals surface area contributed by atoms with E-state index in [2.05, 4.69) is 38.3 Å². The topological polar surface area (TPSA) is 22.0 Å². The molecule has 0 saturated heterocycles. The van der Waals surface area contributed by atoms with Crippen LogP contribution in [0.2, 0.25) is 0 Å². The average Bonchev–Trinajstić information content (AvgIpc) is 2.68. The fraction of sp³-hybridized carbons (Fsp3) is 0.688. The minimum absolute atomic E-state index is 0.342. The second-order valence-electron chi connectivity index (χ2n) is 5.61. The lowest BCUT2D eigenvalue weighted by Crippen LogP contribution is -2.21. The van der Waals surface area contributed by atoms with Crippen molar-refractivity contribution in [1.29, 1.82) is 0 Å². The van der Waals surface area contributed by atoms with Crippen molar-refractivity contribution in [3.8, 4) is 0 Å². The molecular formula is C16H25NO. The molecule has 18 heavy (non-hydrogen) atoms. The van der Waals surface area contributed by atoms with E-state index in [0.29, 0.717) is 17.7 Å². The lowest BCUT2D eigenvalue weighted by atomic mass is 9.93. The number of ketones is 1. The highest BCUT2D eigenvalue weighted by Gasteiger charge is 2.26. The van der Waals surface area contributed by atoms with Crippen LogP contribution in [0.4, 0.5) is 0 Å². The molecule has 0 saturated carbocycles. The van der Waals surface area contributed by atoms with Gasteiger partial charge in [-0.1, -0.05) is 26.7 Å². The second-order valence-corrected chi connectivity index (χ2v) is 5.61. The minimum Gasteiger partial charge on any atom is -0.345 e. The molecule has 0 radical (unpaired) electrons. The van der Waals surface area contributed by atoms with Crippen LogP contribution in [0.5, 0.6) is 0 Å². The smallest absolute Gasteiger partial charge is 0.164 e. The summed E-state index contributed by atoms with van der Waals surface area (Å²) in [5.74, 6) is 1.05. The van der Waals surface area contributed by atoms with Crippen molar-refractivity contribution in [2.75, 3.05) is 0 Å². The maximum atomic E-state index is 12.0. The van der Waals surface area contributed by atoms with Gasteiger partial charge in [-0.3, -0.25) is 4.79 Å². The van der Waals surface area contributed by atoms with Crippen molar-refractivity contribution in [2.24, 2.45) is 5.92 Å². The fourth-order valence-corrected chi connectivity index (χ4v) is 3.50.